The summed E-state index contributed by atoms with van der Waals surface area (Å²) in [7, 11) is -2.42. The number of hydrogen-bond acceptors (Lipinski definition) is 3. The highest BCUT2D eigenvalue weighted by Crippen LogP contribution is 2.35. The van der Waals surface area contributed by atoms with Crippen LogP contribution in [0.2, 0.25) is 10.0 Å². The van der Waals surface area contributed by atoms with Gasteiger partial charge in [-0.05, 0) is 29.8 Å². The first-order valence-corrected chi connectivity index (χ1v) is 11.3. The van der Waals surface area contributed by atoms with Crippen LogP contribution in [0, 0.1) is 0 Å². The van der Waals surface area contributed by atoms with Gasteiger partial charge in [0.05, 0.1) is 20.6 Å². The Labute approximate surface area is 186 Å². The van der Waals surface area contributed by atoms with Gasteiger partial charge >= 0.3 is 0 Å². The van der Waals surface area contributed by atoms with Gasteiger partial charge in [0.2, 0.25) is 5.91 Å². The number of likely N-dealkylation sites (N-methyl/N-ethyl adjacent to an activating group) is 1. The lowest BCUT2D eigenvalue weighted by molar-refractivity contribution is -0.128. The monoisotopic (exact) mass is 462 g/mol. The number of amides is 1. The Bertz CT molecular complexity index is 1120. The van der Waals surface area contributed by atoms with E-state index in [2.05, 4.69) is 0 Å². The van der Waals surface area contributed by atoms with E-state index >= 15 is 0 Å². The summed E-state index contributed by atoms with van der Waals surface area (Å²) < 4.78 is 27.7. The van der Waals surface area contributed by atoms with Crippen LogP contribution in [0.3, 0.4) is 0 Å². The van der Waals surface area contributed by atoms with E-state index in [0.717, 1.165) is 9.87 Å². The van der Waals surface area contributed by atoms with Crippen molar-refractivity contribution in [2.75, 3.05) is 17.9 Å². The fraction of sp³-hybridized carbons (Fsp3) is 0.136. The number of sulfonamides is 1. The van der Waals surface area contributed by atoms with Crippen molar-refractivity contribution in [3.63, 3.8) is 0 Å². The maximum atomic E-state index is 13.4. The van der Waals surface area contributed by atoms with Crippen molar-refractivity contribution in [1.82, 2.24) is 4.90 Å². The maximum Gasteiger partial charge on any atom is 0.264 e. The summed E-state index contributed by atoms with van der Waals surface area (Å²) in [5.41, 5.74) is 1.08. The van der Waals surface area contributed by atoms with E-state index in [0.29, 0.717) is 6.54 Å². The van der Waals surface area contributed by atoms with Gasteiger partial charge in [-0.25, -0.2) is 8.42 Å². The van der Waals surface area contributed by atoms with Crippen LogP contribution in [0.25, 0.3) is 0 Å². The van der Waals surface area contributed by atoms with Crippen molar-refractivity contribution in [1.29, 1.82) is 0 Å². The highest BCUT2D eigenvalue weighted by molar-refractivity contribution is 7.92. The molecule has 0 spiro atoms. The van der Waals surface area contributed by atoms with Crippen LogP contribution in [-0.2, 0) is 21.4 Å². The van der Waals surface area contributed by atoms with E-state index in [-0.39, 0.29) is 26.5 Å². The predicted molar refractivity (Wildman–Crippen MR) is 120 cm³/mol. The molecule has 0 N–H and O–H groups in total. The molecule has 0 heterocycles. The van der Waals surface area contributed by atoms with E-state index in [1.165, 1.54) is 23.1 Å². The molecule has 5 nitrogen and oxygen atoms in total. The Hall–Kier alpha value is -2.54. The van der Waals surface area contributed by atoms with E-state index in [4.69, 9.17) is 23.2 Å². The minimum atomic E-state index is -4.05. The van der Waals surface area contributed by atoms with Crippen LogP contribution in [-0.4, -0.2) is 32.8 Å². The zero-order chi connectivity index (χ0) is 21.7. The molecule has 156 valence electrons. The van der Waals surface area contributed by atoms with Gasteiger partial charge in [-0.3, -0.25) is 9.10 Å². The Morgan fingerprint density at radius 3 is 2.10 bits per heavy atom. The molecule has 0 aliphatic rings. The van der Waals surface area contributed by atoms with Crippen molar-refractivity contribution in [2.45, 2.75) is 11.4 Å². The van der Waals surface area contributed by atoms with Gasteiger partial charge < -0.3 is 4.90 Å². The highest BCUT2D eigenvalue weighted by atomic mass is 35.5. The predicted octanol–water partition coefficient (Wildman–Crippen LogP) is 4.85. The maximum absolute atomic E-state index is 13.4. The number of rotatable bonds is 7. The zero-order valence-electron chi connectivity index (χ0n) is 16.2. The quantitative estimate of drug-likeness (QED) is 0.504. The normalized spacial score (nSPS) is 11.2. The van der Waals surface area contributed by atoms with Crippen LogP contribution in [0.15, 0.2) is 83.8 Å². The fourth-order valence-corrected chi connectivity index (χ4v) is 4.79. The van der Waals surface area contributed by atoms with Crippen molar-refractivity contribution in [3.8, 4) is 0 Å². The van der Waals surface area contributed by atoms with Crippen molar-refractivity contribution in [2.24, 2.45) is 0 Å². The van der Waals surface area contributed by atoms with E-state index < -0.39 is 16.6 Å². The number of carbonyl (C=O) groups excluding carboxylic acids is 1. The lowest BCUT2D eigenvalue weighted by atomic mass is 10.2. The summed E-state index contributed by atoms with van der Waals surface area (Å²) in [6.07, 6.45) is 0. The minimum absolute atomic E-state index is 0.0551. The van der Waals surface area contributed by atoms with Crippen molar-refractivity contribution < 1.29 is 13.2 Å². The molecule has 0 saturated heterocycles. The van der Waals surface area contributed by atoms with Crippen LogP contribution in [0.4, 0.5) is 5.69 Å². The molecule has 3 aromatic carbocycles. The average molecular weight is 463 g/mol. The first-order valence-electron chi connectivity index (χ1n) is 9.10. The zero-order valence-corrected chi connectivity index (χ0v) is 18.5. The standard InChI is InChI=1S/C22H20Cl2N2O3S/c1-25(15-17-9-4-2-5-10-17)21(27)16-26(20-14-8-13-19(23)22(20)24)30(28,29)18-11-6-3-7-12-18/h2-14H,15-16H2,1H3. The lowest BCUT2D eigenvalue weighted by Gasteiger charge is -2.27. The highest BCUT2D eigenvalue weighted by Gasteiger charge is 2.30. The third-order valence-electron chi connectivity index (χ3n) is 4.50. The third kappa shape index (κ3) is 4.95. The fourth-order valence-electron chi connectivity index (χ4n) is 2.89. The Morgan fingerprint density at radius 1 is 0.867 bits per heavy atom. The molecular weight excluding hydrogens is 443 g/mol. The second kappa shape index (κ2) is 9.51. The molecule has 0 saturated carbocycles. The molecule has 3 rings (SSSR count). The van der Waals surface area contributed by atoms with Crippen LogP contribution >= 0.6 is 23.2 Å². The van der Waals surface area contributed by atoms with Gasteiger partial charge in [0, 0.05) is 13.6 Å². The van der Waals surface area contributed by atoms with E-state index in [1.54, 1.807) is 37.4 Å². The van der Waals surface area contributed by atoms with Gasteiger partial charge in [0.15, 0.2) is 0 Å². The van der Waals surface area contributed by atoms with Crippen LogP contribution in [0.1, 0.15) is 5.56 Å². The summed E-state index contributed by atoms with van der Waals surface area (Å²) in [6.45, 7) is -0.0667. The Balaban J connectivity index is 1.96. The summed E-state index contributed by atoms with van der Waals surface area (Å²) in [5, 5.41) is 0.268. The number of halogens is 2. The molecule has 1 amide bonds. The molecule has 0 fully saturated rings. The molecule has 3 aromatic rings. The van der Waals surface area contributed by atoms with Crippen molar-refractivity contribution in [3.05, 3.63) is 94.5 Å². The molecule has 0 aliphatic heterocycles. The smallest absolute Gasteiger partial charge is 0.264 e. The summed E-state index contributed by atoms with van der Waals surface area (Å²) >= 11 is 12.4. The Kier molecular flexibility index (Phi) is 7.02. The molecule has 0 radical (unpaired) electrons. The van der Waals surface area contributed by atoms with Gasteiger partial charge in [0.25, 0.3) is 10.0 Å². The van der Waals surface area contributed by atoms with Gasteiger partial charge in [-0.2, -0.15) is 0 Å². The lowest BCUT2D eigenvalue weighted by Crippen LogP contribution is -2.41. The second-order valence-corrected chi connectivity index (χ2v) is 9.28. The van der Waals surface area contributed by atoms with Gasteiger partial charge in [0.1, 0.15) is 6.54 Å². The SMILES string of the molecule is CN(Cc1ccccc1)C(=O)CN(c1cccc(Cl)c1Cl)S(=O)(=O)c1ccccc1. The van der Waals surface area contributed by atoms with E-state index in [9.17, 15) is 13.2 Å². The minimum Gasteiger partial charge on any atom is -0.340 e. The average Bonchev–Trinajstić information content (AvgIpc) is 2.75. The molecule has 0 aromatic heterocycles. The molecule has 30 heavy (non-hydrogen) atoms. The van der Waals surface area contributed by atoms with E-state index in [1.807, 2.05) is 30.3 Å². The van der Waals surface area contributed by atoms with Crippen LogP contribution in [0.5, 0.6) is 0 Å². The third-order valence-corrected chi connectivity index (χ3v) is 7.08. The molecule has 0 bridgehead atoms. The largest absolute Gasteiger partial charge is 0.340 e. The van der Waals surface area contributed by atoms with Gasteiger partial charge in [-0.1, -0.05) is 77.8 Å². The number of carbonyl (C=O) groups is 1. The number of nitrogens with zero attached hydrogens (tertiary/aromatic N) is 2. The number of anilines is 1. The summed E-state index contributed by atoms with van der Waals surface area (Å²) in [5.74, 6) is -0.380. The first-order chi connectivity index (χ1) is 14.3. The molecule has 0 atom stereocenters. The topological polar surface area (TPSA) is 57.7 Å². The molecule has 0 aliphatic carbocycles. The number of benzene rings is 3. The summed E-state index contributed by atoms with van der Waals surface area (Å²) in [6, 6.07) is 22.0. The number of hydrogen-bond donors (Lipinski definition) is 0. The second-order valence-electron chi connectivity index (χ2n) is 6.63. The Morgan fingerprint density at radius 2 is 1.47 bits per heavy atom. The molecular formula is C22H20Cl2N2O3S. The van der Waals surface area contributed by atoms with Crippen LogP contribution < -0.4 is 4.31 Å². The summed E-state index contributed by atoms with van der Waals surface area (Å²) in [4.78, 5) is 14.5. The van der Waals surface area contributed by atoms with Crippen molar-refractivity contribution >= 4 is 44.8 Å². The van der Waals surface area contributed by atoms with Gasteiger partial charge in [-0.15, -0.1) is 0 Å². The molecule has 8 heteroatoms. The first kappa shape index (κ1) is 22.2. The molecule has 0 unspecified atom stereocenters.